The van der Waals surface area contributed by atoms with Gasteiger partial charge in [-0.15, -0.1) is 11.3 Å². The second-order valence-corrected chi connectivity index (χ2v) is 8.04. The number of nitrogens with zero attached hydrogens (tertiary/aromatic N) is 2. The minimum absolute atomic E-state index is 0.0304. The van der Waals surface area contributed by atoms with Gasteiger partial charge in [-0.25, -0.2) is 4.98 Å². The number of hydrogen-bond donors (Lipinski definition) is 2. The fraction of sp³-hybridized carbons (Fsp3) is 0.381. The van der Waals surface area contributed by atoms with Crippen LogP contribution in [0.5, 0.6) is 0 Å². The van der Waals surface area contributed by atoms with Crippen LogP contribution in [0.1, 0.15) is 47.3 Å². The van der Waals surface area contributed by atoms with E-state index in [2.05, 4.69) is 20.5 Å². The van der Waals surface area contributed by atoms with Crippen LogP contribution in [-0.2, 0) is 11.2 Å². The van der Waals surface area contributed by atoms with E-state index in [4.69, 9.17) is 8.83 Å². The predicted octanol–water partition coefficient (Wildman–Crippen LogP) is 3.47. The molecule has 0 aromatic carbocycles. The lowest BCUT2D eigenvalue weighted by Crippen LogP contribution is -2.40. The van der Waals surface area contributed by atoms with Crippen LogP contribution in [0, 0.1) is 0 Å². The van der Waals surface area contributed by atoms with Crippen molar-refractivity contribution in [3.05, 3.63) is 59.4 Å². The fourth-order valence-electron chi connectivity index (χ4n) is 3.57. The van der Waals surface area contributed by atoms with Crippen LogP contribution in [0.4, 0.5) is 5.13 Å². The number of aromatic nitrogens is 1. The number of rotatable bonds is 8. The minimum atomic E-state index is -0.367. The zero-order valence-electron chi connectivity index (χ0n) is 16.5. The molecule has 1 unspecified atom stereocenters. The molecular weight excluding hydrogens is 404 g/mol. The third-order valence-corrected chi connectivity index (χ3v) is 5.86. The number of carbonyl (C=O) groups is 2. The maximum Gasteiger partial charge on any atom is 0.293 e. The molecule has 158 valence electrons. The average Bonchev–Trinajstić information content (AvgIpc) is 3.52. The average molecular weight is 429 g/mol. The zero-order valence-corrected chi connectivity index (χ0v) is 17.3. The molecule has 9 heteroatoms. The molecule has 4 rings (SSSR count). The van der Waals surface area contributed by atoms with Crippen LogP contribution in [-0.4, -0.2) is 41.3 Å². The van der Waals surface area contributed by atoms with Gasteiger partial charge < -0.3 is 14.2 Å². The van der Waals surface area contributed by atoms with E-state index in [0.29, 0.717) is 17.4 Å². The van der Waals surface area contributed by atoms with Gasteiger partial charge in [0.1, 0.15) is 5.76 Å². The molecule has 0 saturated carbocycles. The lowest BCUT2D eigenvalue weighted by molar-refractivity contribution is -0.120. The van der Waals surface area contributed by atoms with Crippen LogP contribution in [0.15, 0.2) is 51.0 Å². The smallest absolute Gasteiger partial charge is 0.293 e. The van der Waals surface area contributed by atoms with Crippen LogP contribution in [0.3, 0.4) is 0 Å². The van der Waals surface area contributed by atoms with Crippen molar-refractivity contribution in [2.45, 2.75) is 31.7 Å². The number of anilines is 1. The normalized spacial score (nSPS) is 15.6. The minimum Gasteiger partial charge on any atom is -0.468 e. The third-order valence-electron chi connectivity index (χ3n) is 5.05. The van der Waals surface area contributed by atoms with Gasteiger partial charge in [0.15, 0.2) is 10.9 Å². The van der Waals surface area contributed by atoms with Crippen molar-refractivity contribution < 1.29 is 18.4 Å². The molecule has 30 heavy (non-hydrogen) atoms. The van der Waals surface area contributed by atoms with Gasteiger partial charge in [-0.2, -0.15) is 0 Å². The van der Waals surface area contributed by atoms with E-state index in [0.717, 1.165) is 31.7 Å². The van der Waals surface area contributed by atoms with Crippen molar-refractivity contribution in [1.29, 1.82) is 0 Å². The van der Waals surface area contributed by atoms with Crippen molar-refractivity contribution >= 4 is 28.3 Å². The predicted molar refractivity (Wildman–Crippen MR) is 112 cm³/mol. The molecule has 2 amide bonds. The third kappa shape index (κ3) is 5.17. The Morgan fingerprint density at radius 2 is 1.93 bits per heavy atom. The summed E-state index contributed by atoms with van der Waals surface area (Å²) in [5, 5.41) is 7.89. The van der Waals surface area contributed by atoms with Gasteiger partial charge in [0.2, 0.25) is 5.91 Å². The Kier molecular flexibility index (Phi) is 6.60. The quantitative estimate of drug-likeness (QED) is 0.570. The van der Waals surface area contributed by atoms with E-state index in [1.165, 1.54) is 24.0 Å². The molecule has 8 nitrogen and oxygen atoms in total. The second kappa shape index (κ2) is 9.73. The summed E-state index contributed by atoms with van der Waals surface area (Å²) in [5.41, 5.74) is 0.611. The lowest BCUT2D eigenvalue weighted by Gasteiger charge is -2.33. The number of furan rings is 2. The molecule has 0 radical (unpaired) electrons. The van der Waals surface area contributed by atoms with Crippen molar-refractivity contribution in [2.24, 2.45) is 0 Å². The monoisotopic (exact) mass is 428 g/mol. The highest BCUT2D eigenvalue weighted by Crippen LogP contribution is 2.24. The Morgan fingerprint density at radius 3 is 2.67 bits per heavy atom. The summed E-state index contributed by atoms with van der Waals surface area (Å²) in [5.74, 6) is 0.603. The summed E-state index contributed by atoms with van der Waals surface area (Å²) in [6.07, 6.45) is 6.83. The van der Waals surface area contributed by atoms with E-state index >= 15 is 0 Å². The Labute approximate surface area is 178 Å². The number of likely N-dealkylation sites (tertiary alicyclic amines) is 1. The molecule has 0 aliphatic carbocycles. The number of nitrogens with one attached hydrogen (secondary N) is 2. The Bertz CT molecular complexity index is 946. The molecule has 2 N–H and O–H groups in total. The topological polar surface area (TPSA) is 101 Å². The van der Waals surface area contributed by atoms with Gasteiger partial charge in [0.25, 0.3) is 5.91 Å². The molecule has 0 spiro atoms. The van der Waals surface area contributed by atoms with Crippen molar-refractivity contribution in [2.75, 3.05) is 25.0 Å². The molecule has 3 aromatic rings. The zero-order chi connectivity index (χ0) is 20.8. The summed E-state index contributed by atoms with van der Waals surface area (Å²) in [4.78, 5) is 31.2. The lowest BCUT2D eigenvalue weighted by atomic mass is 10.1. The van der Waals surface area contributed by atoms with E-state index in [1.54, 1.807) is 23.8 Å². The standard InChI is InChI=1S/C21H24N4O4S/c26-19(12-15-14-30-21(23-15)24-20(27)18-7-5-11-29-18)22-13-16(17-6-4-10-28-17)25-8-2-1-3-9-25/h4-7,10-11,14,16H,1-3,8-9,12-13H2,(H,22,26)(H,23,24,27). The molecule has 1 fully saturated rings. The van der Waals surface area contributed by atoms with E-state index < -0.39 is 0 Å². The molecule has 4 heterocycles. The summed E-state index contributed by atoms with van der Waals surface area (Å²) in [7, 11) is 0. The first kappa shape index (κ1) is 20.4. The van der Waals surface area contributed by atoms with Gasteiger partial charge in [-0.3, -0.25) is 19.8 Å². The summed E-state index contributed by atoms with van der Waals surface area (Å²) < 4.78 is 10.7. The van der Waals surface area contributed by atoms with Crippen molar-refractivity contribution in [3.63, 3.8) is 0 Å². The highest BCUT2D eigenvalue weighted by atomic mass is 32.1. The molecule has 1 atom stereocenters. The fourth-order valence-corrected chi connectivity index (χ4v) is 4.28. The first-order valence-electron chi connectivity index (χ1n) is 10.0. The number of piperidine rings is 1. The van der Waals surface area contributed by atoms with Gasteiger partial charge >= 0.3 is 0 Å². The molecule has 0 bridgehead atoms. The van der Waals surface area contributed by atoms with Crippen molar-refractivity contribution in [1.82, 2.24) is 15.2 Å². The van der Waals surface area contributed by atoms with E-state index in [9.17, 15) is 9.59 Å². The molecule has 1 aliphatic heterocycles. The number of carbonyl (C=O) groups excluding carboxylic acids is 2. The Hall–Kier alpha value is -2.91. The SMILES string of the molecule is O=C(Cc1csc(NC(=O)c2ccco2)n1)NCC(c1ccco1)N1CCCCC1. The highest BCUT2D eigenvalue weighted by molar-refractivity contribution is 7.14. The number of thiazole rings is 1. The molecule has 1 saturated heterocycles. The van der Waals surface area contributed by atoms with Crippen LogP contribution in [0.25, 0.3) is 0 Å². The van der Waals surface area contributed by atoms with Crippen LogP contribution >= 0.6 is 11.3 Å². The Morgan fingerprint density at radius 1 is 1.13 bits per heavy atom. The maximum atomic E-state index is 12.5. The number of amides is 2. The van der Waals surface area contributed by atoms with Crippen molar-refractivity contribution in [3.8, 4) is 0 Å². The summed E-state index contributed by atoms with van der Waals surface area (Å²) in [6, 6.07) is 7.09. The van der Waals surface area contributed by atoms with Gasteiger partial charge in [-0.05, 0) is 50.2 Å². The maximum absolute atomic E-state index is 12.5. The van der Waals surface area contributed by atoms with Gasteiger partial charge in [0, 0.05) is 11.9 Å². The summed E-state index contributed by atoms with van der Waals surface area (Å²) >= 11 is 1.27. The largest absolute Gasteiger partial charge is 0.468 e. The van der Waals surface area contributed by atoms with E-state index in [-0.39, 0.29) is 30.0 Å². The first-order chi connectivity index (χ1) is 14.7. The van der Waals surface area contributed by atoms with Crippen LogP contribution < -0.4 is 10.6 Å². The molecule has 3 aromatic heterocycles. The first-order valence-corrected chi connectivity index (χ1v) is 10.9. The number of hydrogen-bond acceptors (Lipinski definition) is 7. The van der Waals surface area contributed by atoms with Gasteiger partial charge in [0.05, 0.1) is 30.7 Å². The summed E-state index contributed by atoms with van der Waals surface area (Å²) in [6.45, 7) is 2.50. The Balaban J connectivity index is 1.30. The highest BCUT2D eigenvalue weighted by Gasteiger charge is 2.25. The van der Waals surface area contributed by atoms with Gasteiger partial charge in [-0.1, -0.05) is 6.42 Å². The molecule has 1 aliphatic rings. The second-order valence-electron chi connectivity index (χ2n) is 7.18. The molecular formula is C21H24N4O4S. The van der Waals surface area contributed by atoms with E-state index in [1.807, 2.05) is 12.1 Å². The van der Waals surface area contributed by atoms with Crippen LogP contribution in [0.2, 0.25) is 0 Å².